The predicted octanol–water partition coefficient (Wildman–Crippen LogP) is 2.73. The van der Waals surface area contributed by atoms with E-state index in [9.17, 15) is 4.79 Å². The molecule has 6 nitrogen and oxygen atoms in total. The van der Waals surface area contributed by atoms with Crippen molar-refractivity contribution in [3.05, 3.63) is 58.9 Å². The molecule has 1 aromatic heterocycles. The summed E-state index contributed by atoms with van der Waals surface area (Å²) in [6, 6.07) is 11.1. The zero-order valence-electron chi connectivity index (χ0n) is 15.2. The zero-order valence-corrected chi connectivity index (χ0v) is 18.3. The Bertz CT molecular complexity index is 732. The van der Waals surface area contributed by atoms with Crippen molar-refractivity contribution in [2.75, 3.05) is 27.2 Å². The molecule has 1 heterocycles. The Morgan fingerprint density at radius 2 is 1.88 bits per heavy atom. The van der Waals surface area contributed by atoms with Crippen molar-refractivity contribution in [3.63, 3.8) is 0 Å². The van der Waals surface area contributed by atoms with Gasteiger partial charge in [0.05, 0.1) is 11.6 Å². The summed E-state index contributed by atoms with van der Waals surface area (Å²) < 4.78 is 1.99. The summed E-state index contributed by atoms with van der Waals surface area (Å²) in [6.45, 7) is 1.78. The zero-order chi connectivity index (χ0) is 18.2. The largest absolute Gasteiger partial charge is 0.354 e. The maximum atomic E-state index is 12.0. The van der Waals surface area contributed by atoms with Crippen LogP contribution in [0.25, 0.3) is 0 Å². The lowest BCUT2D eigenvalue weighted by Gasteiger charge is -2.22. The molecule has 142 valence electrons. The van der Waals surface area contributed by atoms with Crippen LogP contribution >= 0.6 is 35.6 Å². The summed E-state index contributed by atoms with van der Waals surface area (Å²) in [5.41, 5.74) is 1.75. The van der Waals surface area contributed by atoms with Gasteiger partial charge in [-0.2, -0.15) is 0 Å². The minimum Gasteiger partial charge on any atom is -0.354 e. The third-order valence-corrected chi connectivity index (χ3v) is 3.98. The highest BCUT2D eigenvalue weighted by Gasteiger charge is 2.10. The molecule has 0 aliphatic heterocycles. The van der Waals surface area contributed by atoms with E-state index in [2.05, 4.69) is 15.6 Å². The van der Waals surface area contributed by atoms with Gasteiger partial charge in [0, 0.05) is 51.7 Å². The summed E-state index contributed by atoms with van der Waals surface area (Å²) in [6.07, 6.45) is 1.88. The number of guanidine groups is 1. The maximum Gasteiger partial charge on any atom is 0.251 e. The second-order valence-corrected chi connectivity index (χ2v) is 6.15. The van der Waals surface area contributed by atoms with Gasteiger partial charge < -0.3 is 20.1 Å². The fourth-order valence-corrected chi connectivity index (χ4v) is 2.74. The topological polar surface area (TPSA) is 61.7 Å². The van der Waals surface area contributed by atoms with E-state index < -0.39 is 0 Å². The maximum absolute atomic E-state index is 12.0. The first-order valence-electron chi connectivity index (χ1n) is 8.07. The Balaban J connectivity index is 0.00000338. The second kappa shape index (κ2) is 11.1. The van der Waals surface area contributed by atoms with Gasteiger partial charge in [0.2, 0.25) is 0 Å². The number of carbonyl (C=O) groups is 1. The molecule has 0 saturated heterocycles. The van der Waals surface area contributed by atoms with E-state index in [1.807, 2.05) is 54.0 Å². The van der Waals surface area contributed by atoms with Crippen LogP contribution in [-0.2, 0) is 13.6 Å². The highest BCUT2D eigenvalue weighted by molar-refractivity contribution is 14.0. The van der Waals surface area contributed by atoms with Crippen LogP contribution in [0.2, 0.25) is 5.02 Å². The number of nitrogens with zero attached hydrogens (tertiary/aromatic N) is 3. The molecule has 0 unspecified atom stereocenters. The number of carbonyl (C=O) groups excluding carboxylic acids is 1. The number of benzene rings is 1. The summed E-state index contributed by atoms with van der Waals surface area (Å²) in [7, 11) is 5.66. The molecule has 1 aromatic carbocycles. The molecule has 2 rings (SSSR count). The molecular weight excluding hydrogens is 465 g/mol. The third-order valence-electron chi connectivity index (χ3n) is 3.78. The minimum absolute atomic E-state index is 0. The molecule has 0 aliphatic rings. The van der Waals surface area contributed by atoms with Crippen LogP contribution in [0.5, 0.6) is 0 Å². The number of aryl methyl sites for hydroxylation is 1. The molecule has 0 fully saturated rings. The molecule has 0 aliphatic carbocycles. The van der Waals surface area contributed by atoms with Crippen LogP contribution in [-0.4, -0.2) is 48.5 Å². The second-order valence-electron chi connectivity index (χ2n) is 5.71. The standard InChI is InChI=1S/C18H24ClN5O.HI/c1-20-18(24(3)13-16-11-15(19)12-23(16)2)22-10-9-21-17(25)14-7-5-4-6-8-14;/h4-8,11-12H,9-10,13H2,1-3H3,(H,20,22)(H,21,25);1H. The van der Waals surface area contributed by atoms with Gasteiger partial charge in [-0.25, -0.2) is 0 Å². The van der Waals surface area contributed by atoms with Gasteiger partial charge in [-0.15, -0.1) is 24.0 Å². The molecule has 0 saturated carbocycles. The van der Waals surface area contributed by atoms with Gasteiger partial charge in [0.15, 0.2) is 5.96 Å². The predicted molar refractivity (Wildman–Crippen MR) is 117 cm³/mol. The van der Waals surface area contributed by atoms with E-state index >= 15 is 0 Å². The number of nitrogens with one attached hydrogen (secondary N) is 2. The van der Waals surface area contributed by atoms with Crippen LogP contribution in [0.1, 0.15) is 16.1 Å². The highest BCUT2D eigenvalue weighted by Crippen LogP contribution is 2.14. The lowest BCUT2D eigenvalue weighted by Crippen LogP contribution is -2.42. The lowest BCUT2D eigenvalue weighted by molar-refractivity contribution is 0.0954. The van der Waals surface area contributed by atoms with Crippen molar-refractivity contribution in [3.8, 4) is 0 Å². The van der Waals surface area contributed by atoms with Gasteiger partial charge in [-0.05, 0) is 18.2 Å². The molecule has 8 heteroatoms. The van der Waals surface area contributed by atoms with Crippen molar-refractivity contribution in [2.24, 2.45) is 12.0 Å². The molecule has 0 radical (unpaired) electrons. The summed E-state index contributed by atoms with van der Waals surface area (Å²) in [5, 5.41) is 6.84. The number of aromatic nitrogens is 1. The fourth-order valence-electron chi connectivity index (χ4n) is 2.47. The molecule has 0 bridgehead atoms. The molecular formula is C18H25ClIN5O. The SMILES string of the molecule is CN=C(NCCNC(=O)c1ccccc1)N(C)Cc1cc(Cl)cn1C.I. The normalized spacial score (nSPS) is 10.8. The first-order valence-corrected chi connectivity index (χ1v) is 8.45. The Hall–Kier alpha value is -1.74. The minimum atomic E-state index is -0.0794. The van der Waals surface area contributed by atoms with Crippen LogP contribution < -0.4 is 10.6 Å². The van der Waals surface area contributed by atoms with Crippen molar-refractivity contribution >= 4 is 47.4 Å². The number of hydrogen-bond donors (Lipinski definition) is 2. The van der Waals surface area contributed by atoms with Gasteiger partial charge in [0.1, 0.15) is 0 Å². The van der Waals surface area contributed by atoms with Gasteiger partial charge >= 0.3 is 0 Å². The Kier molecular flexibility index (Phi) is 9.50. The lowest BCUT2D eigenvalue weighted by atomic mass is 10.2. The number of aliphatic imine (C=N–C) groups is 1. The number of amides is 1. The fraction of sp³-hybridized carbons (Fsp3) is 0.333. The van der Waals surface area contributed by atoms with Crippen LogP contribution in [0.4, 0.5) is 0 Å². The van der Waals surface area contributed by atoms with E-state index in [4.69, 9.17) is 11.6 Å². The third kappa shape index (κ3) is 6.53. The van der Waals surface area contributed by atoms with E-state index in [0.29, 0.717) is 25.2 Å². The van der Waals surface area contributed by atoms with E-state index in [1.165, 1.54) is 0 Å². The van der Waals surface area contributed by atoms with Crippen molar-refractivity contribution in [1.29, 1.82) is 0 Å². The summed E-state index contributed by atoms with van der Waals surface area (Å²) in [5.74, 6) is 0.676. The van der Waals surface area contributed by atoms with Gasteiger partial charge in [-0.1, -0.05) is 29.8 Å². The molecule has 2 aromatic rings. The van der Waals surface area contributed by atoms with Crippen LogP contribution in [0, 0.1) is 0 Å². The number of hydrogen-bond acceptors (Lipinski definition) is 2. The monoisotopic (exact) mass is 489 g/mol. The molecule has 2 N–H and O–H groups in total. The van der Waals surface area contributed by atoms with E-state index in [1.54, 1.807) is 19.2 Å². The number of rotatable bonds is 6. The highest BCUT2D eigenvalue weighted by atomic mass is 127. The summed E-state index contributed by atoms with van der Waals surface area (Å²) >= 11 is 6.02. The van der Waals surface area contributed by atoms with Crippen molar-refractivity contribution in [1.82, 2.24) is 20.1 Å². The van der Waals surface area contributed by atoms with Crippen LogP contribution in [0.3, 0.4) is 0 Å². The smallest absolute Gasteiger partial charge is 0.251 e. The van der Waals surface area contributed by atoms with Crippen LogP contribution in [0.15, 0.2) is 47.6 Å². The molecule has 0 spiro atoms. The van der Waals surface area contributed by atoms with Gasteiger partial charge in [-0.3, -0.25) is 9.79 Å². The molecule has 1 amide bonds. The Morgan fingerprint density at radius 1 is 1.23 bits per heavy atom. The number of halogens is 2. The molecule has 26 heavy (non-hydrogen) atoms. The first kappa shape index (κ1) is 22.3. The van der Waals surface area contributed by atoms with E-state index in [-0.39, 0.29) is 29.9 Å². The Labute approximate surface area is 176 Å². The Morgan fingerprint density at radius 3 is 2.46 bits per heavy atom. The van der Waals surface area contributed by atoms with Gasteiger partial charge in [0.25, 0.3) is 5.91 Å². The average Bonchev–Trinajstić information content (AvgIpc) is 2.92. The summed E-state index contributed by atoms with van der Waals surface area (Å²) in [4.78, 5) is 18.3. The average molecular weight is 490 g/mol. The first-order chi connectivity index (χ1) is 12.0. The molecule has 0 atom stereocenters. The van der Waals surface area contributed by atoms with E-state index in [0.717, 1.165) is 16.7 Å². The van der Waals surface area contributed by atoms with Crippen molar-refractivity contribution in [2.45, 2.75) is 6.54 Å². The van der Waals surface area contributed by atoms with Crippen molar-refractivity contribution < 1.29 is 4.79 Å². The quantitative estimate of drug-likeness (QED) is 0.284.